The van der Waals surface area contributed by atoms with Crippen molar-refractivity contribution in [3.05, 3.63) is 90.5 Å². The van der Waals surface area contributed by atoms with Crippen molar-refractivity contribution in [2.75, 3.05) is 50.1 Å². The Bertz CT molecular complexity index is 970. The molecular formula is C26H29N3O2. The fraction of sp³-hybridized carbons (Fsp3) is 0.269. The van der Waals surface area contributed by atoms with E-state index in [1.54, 1.807) is 7.11 Å². The second kappa shape index (κ2) is 10.1. The van der Waals surface area contributed by atoms with E-state index in [0.29, 0.717) is 6.54 Å². The van der Waals surface area contributed by atoms with Crippen LogP contribution in [0.25, 0.3) is 0 Å². The number of carbonyl (C=O) groups is 1. The van der Waals surface area contributed by atoms with Crippen LogP contribution >= 0.6 is 0 Å². The van der Waals surface area contributed by atoms with Crippen molar-refractivity contribution in [2.24, 2.45) is 0 Å². The molecule has 1 aliphatic heterocycles. The van der Waals surface area contributed by atoms with Crippen molar-refractivity contribution in [1.29, 1.82) is 0 Å². The number of anilines is 2. The fourth-order valence-electron chi connectivity index (χ4n) is 4.10. The molecule has 1 heterocycles. The Hall–Kier alpha value is -3.31. The summed E-state index contributed by atoms with van der Waals surface area (Å²) in [5.74, 6) is 0.712. The van der Waals surface area contributed by atoms with E-state index in [4.69, 9.17) is 4.74 Å². The number of hydrogen-bond acceptors (Lipinski definition) is 4. The van der Waals surface area contributed by atoms with Gasteiger partial charge >= 0.3 is 0 Å². The molecule has 1 aliphatic rings. The maximum Gasteiger partial charge on any atom is 0.233 e. The van der Waals surface area contributed by atoms with Crippen molar-refractivity contribution in [2.45, 2.75) is 5.92 Å². The highest BCUT2D eigenvalue weighted by atomic mass is 16.5. The summed E-state index contributed by atoms with van der Waals surface area (Å²) < 4.78 is 5.53. The number of benzene rings is 3. The Morgan fingerprint density at radius 1 is 0.871 bits per heavy atom. The lowest BCUT2D eigenvalue weighted by Gasteiger charge is -2.37. The highest BCUT2D eigenvalue weighted by Gasteiger charge is 2.26. The molecule has 1 fully saturated rings. The maximum atomic E-state index is 13.2. The zero-order valence-electron chi connectivity index (χ0n) is 17.9. The molecule has 3 aromatic carbocycles. The molecule has 1 unspecified atom stereocenters. The summed E-state index contributed by atoms with van der Waals surface area (Å²) in [6, 6.07) is 27.9. The normalized spacial score (nSPS) is 15.3. The summed E-state index contributed by atoms with van der Waals surface area (Å²) >= 11 is 0. The lowest BCUT2D eigenvalue weighted by Crippen LogP contribution is -2.48. The van der Waals surface area contributed by atoms with Crippen LogP contribution in [-0.4, -0.2) is 50.6 Å². The van der Waals surface area contributed by atoms with Crippen LogP contribution in [0.15, 0.2) is 84.9 Å². The van der Waals surface area contributed by atoms with Crippen molar-refractivity contribution in [3.8, 4) is 5.75 Å². The molecule has 0 bridgehead atoms. The summed E-state index contributed by atoms with van der Waals surface area (Å²) in [4.78, 5) is 17.9. The van der Waals surface area contributed by atoms with E-state index >= 15 is 0 Å². The van der Waals surface area contributed by atoms with Crippen molar-refractivity contribution >= 4 is 17.3 Å². The van der Waals surface area contributed by atoms with Crippen molar-refractivity contribution in [1.82, 2.24) is 4.90 Å². The Morgan fingerprint density at radius 3 is 2.16 bits per heavy atom. The van der Waals surface area contributed by atoms with Gasteiger partial charge in [-0.05, 0) is 29.8 Å². The van der Waals surface area contributed by atoms with Crippen LogP contribution < -0.4 is 15.0 Å². The van der Waals surface area contributed by atoms with Crippen LogP contribution in [-0.2, 0) is 4.79 Å². The first-order valence-electron chi connectivity index (χ1n) is 10.8. The second-order valence-corrected chi connectivity index (χ2v) is 7.78. The average molecular weight is 416 g/mol. The van der Waals surface area contributed by atoms with E-state index in [2.05, 4.69) is 21.2 Å². The highest BCUT2D eigenvalue weighted by molar-refractivity contribution is 5.96. The minimum Gasteiger partial charge on any atom is -0.495 e. The zero-order chi connectivity index (χ0) is 21.5. The number of piperazine rings is 1. The Morgan fingerprint density at radius 2 is 1.48 bits per heavy atom. The number of rotatable bonds is 7. The minimum atomic E-state index is -0.223. The molecule has 1 amide bonds. The van der Waals surface area contributed by atoms with E-state index in [-0.39, 0.29) is 11.8 Å². The average Bonchev–Trinajstić information content (AvgIpc) is 2.84. The molecule has 5 nitrogen and oxygen atoms in total. The molecule has 4 rings (SSSR count). The van der Waals surface area contributed by atoms with E-state index in [0.717, 1.165) is 48.9 Å². The molecule has 0 radical (unpaired) electrons. The van der Waals surface area contributed by atoms with Gasteiger partial charge in [-0.3, -0.25) is 9.69 Å². The van der Waals surface area contributed by atoms with Gasteiger partial charge < -0.3 is 15.0 Å². The van der Waals surface area contributed by atoms with Crippen LogP contribution in [0.2, 0.25) is 0 Å². The largest absolute Gasteiger partial charge is 0.495 e. The van der Waals surface area contributed by atoms with Gasteiger partial charge in [-0.2, -0.15) is 0 Å². The quantitative estimate of drug-likeness (QED) is 0.627. The molecule has 0 aromatic heterocycles. The van der Waals surface area contributed by atoms with E-state index in [1.807, 2.05) is 78.9 Å². The third-order valence-corrected chi connectivity index (χ3v) is 5.80. The number of ether oxygens (including phenoxy) is 1. The molecular weight excluding hydrogens is 386 g/mol. The lowest BCUT2D eigenvalue weighted by atomic mass is 9.97. The van der Waals surface area contributed by atoms with E-state index in [9.17, 15) is 4.79 Å². The Kier molecular flexibility index (Phi) is 6.85. The zero-order valence-corrected chi connectivity index (χ0v) is 17.9. The first-order chi connectivity index (χ1) is 15.2. The summed E-state index contributed by atoms with van der Waals surface area (Å²) in [5.41, 5.74) is 3.00. The van der Waals surface area contributed by atoms with Crippen LogP contribution in [0.4, 0.5) is 11.4 Å². The third kappa shape index (κ3) is 5.25. The number of carbonyl (C=O) groups excluding carboxylic acids is 1. The first kappa shape index (κ1) is 20.9. The summed E-state index contributed by atoms with van der Waals surface area (Å²) in [5, 5.41) is 3.09. The minimum absolute atomic E-state index is 0.0320. The summed E-state index contributed by atoms with van der Waals surface area (Å²) in [6.07, 6.45) is 0. The predicted molar refractivity (Wildman–Crippen MR) is 126 cm³/mol. The molecule has 5 heteroatoms. The number of nitrogens with zero attached hydrogens (tertiary/aromatic N) is 2. The number of para-hydroxylation sites is 3. The van der Waals surface area contributed by atoms with Gasteiger partial charge in [-0.15, -0.1) is 0 Å². The molecule has 0 aliphatic carbocycles. The fourth-order valence-corrected chi connectivity index (χ4v) is 4.10. The van der Waals surface area contributed by atoms with Crippen LogP contribution in [0, 0.1) is 0 Å². The molecule has 1 atom stereocenters. The number of amides is 1. The van der Waals surface area contributed by atoms with E-state index < -0.39 is 0 Å². The van der Waals surface area contributed by atoms with Gasteiger partial charge in [-0.25, -0.2) is 0 Å². The topological polar surface area (TPSA) is 44.8 Å². The molecule has 3 aromatic rings. The molecule has 1 N–H and O–H groups in total. The Balaban J connectivity index is 1.44. The highest BCUT2D eigenvalue weighted by Crippen LogP contribution is 2.29. The molecule has 1 saturated heterocycles. The number of hydrogen-bond donors (Lipinski definition) is 1. The monoisotopic (exact) mass is 415 g/mol. The van der Waals surface area contributed by atoms with Gasteiger partial charge in [0.05, 0.1) is 18.7 Å². The van der Waals surface area contributed by atoms with Crippen LogP contribution in [0.3, 0.4) is 0 Å². The van der Waals surface area contributed by atoms with Crippen molar-refractivity contribution < 1.29 is 9.53 Å². The van der Waals surface area contributed by atoms with Gasteiger partial charge in [-0.1, -0.05) is 60.7 Å². The van der Waals surface area contributed by atoms with Crippen molar-refractivity contribution in [3.63, 3.8) is 0 Å². The standard InChI is InChI=1S/C26H29N3O2/c1-31-25-15-9-8-14-24(25)29-18-16-28(17-19-29)20-23(21-10-4-2-5-11-21)26(30)27-22-12-6-3-7-13-22/h2-15,23H,16-20H2,1H3,(H,27,30). The lowest BCUT2D eigenvalue weighted by molar-refractivity contribution is -0.118. The van der Waals surface area contributed by atoms with Gasteiger partial charge in [0.2, 0.25) is 5.91 Å². The van der Waals surface area contributed by atoms with Gasteiger partial charge in [0.15, 0.2) is 0 Å². The van der Waals surface area contributed by atoms with Crippen LogP contribution in [0.1, 0.15) is 11.5 Å². The smallest absolute Gasteiger partial charge is 0.233 e. The SMILES string of the molecule is COc1ccccc1N1CCN(CC(C(=O)Nc2ccccc2)c2ccccc2)CC1. The molecule has 0 spiro atoms. The van der Waals surface area contributed by atoms with Gasteiger partial charge in [0, 0.05) is 38.4 Å². The van der Waals surface area contributed by atoms with E-state index in [1.165, 1.54) is 0 Å². The molecule has 0 saturated carbocycles. The predicted octanol–water partition coefficient (Wildman–Crippen LogP) is 4.24. The first-order valence-corrected chi connectivity index (χ1v) is 10.8. The summed E-state index contributed by atoms with van der Waals surface area (Å²) in [7, 11) is 1.71. The van der Waals surface area contributed by atoms with Gasteiger partial charge in [0.1, 0.15) is 5.75 Å². The number of nitrogens with one attached hydrogen (secondary N) is 1. The third-order valence-electron chi connectivity index (χ3n) is 5.80. The number of methoxy groups -OCH3 is 1. The molecule has 160 valence electrons. The Labute approximate surface area is 184 Å². The summed E-state index contributed by atoms with van der Waals surface area (Å²) in [6.45, 7) is 4.31. The van der Waals surface area contributed by atoms with Gasteiger partial charge in [0.25, 0.3) is 0 Å². The maximum absolute atomic E-state index is 13.2. The molecule has 31 heavy (non-hydrogen) atoms. The van der Waals surface area contributed by atoms with Crippen LogP contribution in [0.5, 0.6) is 5.75 Å². The second-order valence-electron chi connectivity index (χ2n) is 7.78.